The van der Waals surface area contributed by atoms with Gasteiger partial charge in [-0.1, -0.05) is 36.8 Å². The molecule has 0 N–H and O–H groups in total. The van der Waals surface area contributed by atoms with Gasteiger partial charge >= 0.3 is 0 Å². The van der Waals surface area contributed by atoms with E-state index < -0.39 is 6.67 Å². The second-order valence-corrected chi connectivity index (χ2v) is 5.61. The van der Waals surface area contributed by atoms with Gasteiger partial charge in [-0.05, 0) is 36.5 Å². The van der Waals surface area contributed by atoms with Crippen LogP contribution in [0.5, 0.6) is 0 Å². The Morgan fingerprint density at radius 2 is 2.10 bits per heavy atom. The summed E-state index contributed by atoms with van der Waals surface area (Å²) in [5.41, 5.74) is 3.22. The molecule has 108 valence electrons. The van der Waals surface area contributed by atoms with E-state index in [0.29, 0.717) is 6.54 Å². The van der Waals surface area contributed by atoms with Crippen LogP contribution in [0.25, 0.3) is 0 Å². The molecule has 3 rings (SSSR count). The molecule has 0 saturated heterocycles. The minimum atomic E-state index is -0.405. The molecule has 1 aromatic carbocycles. The van der Waals surface area contributed by atoms with Gasteiger partial charge in [-0.3, -0.25) is 4.68 Å². The van der Waals surface area contributed by atoms with E-state index in [4.69, 9.17) is 0 Å². The van der Waals surface area contributed by atoms with E-state index in [1.165, 1.54) is 24.8 Å². The molecule has 3 heteroatoms. The number of aryl methyl sites for hydroxylation is 2. The zero-order chi connectivity index (χ0) is 14.5. The van der Waals surface area contributed by atoms with Gasteiger partial charge in [-0.15, -0.1) is 0 Å². The summed E-state index contributed by atoms with van der Waals surface area (Å²) in [6.45, 7) is -0.115. The van der Waals surface area contributed by atoms with Crippen molar-refractivity contribution in [3.63, 3.8) is 0 Å². The van der Waals surface area contributed by atoms with E-state index in [1.54, 1.807) is 17.1 Å². The standard InChI is InChI=1S/C18H19FN2/c19-10-11-21-14-18(13-20-21)9-8-17-3-1-2-16(12-17)7-6-15-4-5-15/h1-3,12-15H,4-7,10-11H2. The van der Waals surface area contributed by atoms with Gasteiger partial charge < -0.3 is 0 Å². The Labute approximate surface area is 125 Å². The van der Waals surface area contributed by atoms with E-state index in [9.17, 15) is 4.39 Å². The molecule has 0 unspecified atom stereocenters. The number of rotatable bonds is 5. The van der Waals surface area contributed by atoms with Crippen LogP contribution in [0.4, 0.5) is 4.39 Å². The molecule has 1 heterocycles. The van der Waals surface area contributed by atoms with Gasteiger partial charge in [0, 0.05) is 11.8 Å². The number of aromatic nitrogens is 2. The fourth-order valence-corrected chi connectivity index (χ4v) is 2.36. The van der Waals surface area contributed by atoms with E-state index in [1.807, 2.05) is 6.07 Å². The van der Waals surface area contributed by atoms with Crippen LogP contribution in [0.1, 0.15) is 36.0 Å². The lowest BCUT2D eigenvalue weighted by molar-refractivity contribution is 0.427. The fourth-order valence-electron chi connectivity index (χ4n) is 2.36. The Balaban J connectivity index is 1.65. The van der Waals surface area contributed by atoms with Gasteiger partial charge in [-0.2, -0.15) is 5.10 Å². The fraction of sp³-hybridized carbons (Fsp3) is 0.389. The maximum atomic E-state index is 12.2. The zero-order valence-corrected chi connectivity index (χ0v) is 12.1. The summed E-state index contributed by atoms with van der Waals surface area (Å²) in [6.07, 6.45) is 8.72. The van der Waals surface area contributed by atoms with Gasteiger partial charge in [-0.25, -0.2) is 4.39 Å². The molecule has 2 aromatic rings. The number of alkyl halides is 1. The van der Waals surface area contributed by atoms with Crippen molar-refractivity contribution < 1.29 is 4.39 Å². The van der Waals surface area contributed by atoms with Crippen LogP contribution in [-0.2, 0) is 13.0 Å². The van der Waals surface area contributed by atoms with E-state index in [0.717, 1.165) is 23.5 Å². The molecule has 0 bridgehead atoms. The van der Waals surface area contributed by atoms with Crippen LogP contribution in [0.3, 0.4) is 0 Å². The number of hydrogen-bond acceptors (Lipinski definition) is 1. The molecule has 1 fully saturated rings. The average molecular weight is 282 g/mol. The number of nitrogens with zero attached hydrogens (tertiary/aromatic N) is 2. The number of hydrogen-bond donors (Lipinski definition) is 0. The normalized spacial score (nSPS) is 13.8. The van der Waals surface area contributed by atoms with Crippen LogP contribution in [0, 0.1) is 17.8 Å². The smallest absolute Gasteiger partial charge is 0.109 e. The zero-order valence-electron chi connectivity index (χ0n) is 12.1. The Hall–Kier alpha value is -2.08. The van der Waals surface area contributed by atoms with Gasteiger partial charge in [0.05, 0.1) is 18.3 Å². The Morgan fingerprint density at radius 3 is 2.90 bits per heavy atom. The number of halogens is 1. The van der Waals surface area contributed by atoms with Gasteiger partial charge in [0.25, 0.3) is 0 Å². The minimum absolute atomic E-state index is 0.290. The maximum absolute atomic E-state index is 12.2. The van der Waals surface area contributed by atoms with Crippen LogP contribution < -0.4 is 0 Å². The lowest BCUT2D eigenvalue weighted by Gasteiger charge is -2.00. The second kappa shape index (κ2) is 6.58. The third-order valence-electron chi connectivity index (χ3n) is 3.76. The average Bonchev–Trinajstić information content (AvgIpc) is 3.23. The Bertz CT molecular complexity index is 659. The first kappa shape index (κ1) is 13.9. The molecule has 2 nitrogen and oxygen atoms in total. The van der Waals surface area contributed by atoms with Crippen molar-refractivity contribution in [2.24, 2.45) is 5.92 Å². The first-order valence-corrected chi connectivity index (χ1v) is 7.53. The van der Waals surface area contributed by atoms with E-state index in [2.05, 4.69) is 35.1 Å². The van der Waals surface area contributed by atoms with Crippen molar-refractivity contribution in [1.82, 2.24) is 9.78 Å². The van der Waals surface area contributed by atoms with Crippen LogP contribution in [0.15, 0.2) is 36.7 Å². The summed E-state index contributed by atoms with van der Waals surface area (Å²) in [5.74, 6) is 7.21. The molecule has 1 saturated carbocycles. The largest absolute Gasteiger partial charge is 0.269 e. The van der Waals surface area contributed by atoms with Gasteiger partial charge in [0.15, 0.2) is 0 Å². The summed E-state index contributed by atoms with van der Waals surface area (Å²) in [6, 6.07) is 8.44. The molecule has 21 heavy (non-hydrogen) atoms. The SMILES string of the molecule is FCCn1cc(C#Cc2cccc(CCC3CC3)c2)cn1. The Kier molecular flexibility index (Phi) is 4.35. The summed E-state index contributed by atoms with van der Waals surface area (Å²) in [5, 5.41) is 4.07. The molecule has 0 amide bonds. The van der Waals surface area contributed by atoms with E-state index in [-0.39, 0.29) is 0 Å². The topological polar surface area (TPSA) is 17.8 Å². The van der Waals surface area contributed by atoms with Crippen molar-refractivity contribution in [3.8, 4) is 11.8 Å². The van der Waals surface area contributed by atoms with Gasteiger partial charge in [0.1, 0.15) is 6.67 Å². The summed E-state index contributed by atoms with van der Waals surface area (Å²) in [4.78, 5) is 0. The molecule has 1 aliphatic rings. The van der Waals surface area contributed by atoms with Gasteiger partial charge in [0.2, 0.25) is 0 Å². The summed E-state index contributed by atoms with van der Waals surface area (Å²) >= 11 is 0. The third kappa shape index (κ3) is 4.19. The van der Waals surface area contributed by atoms with Crippen LogP contribution >= 0.6 is 0 Å². The van der Waals surface area contributed by atoms with E-state index >= 15 is 0 Å². The number of benzene rings is 1. The monoisotopic (exact) mass is 282 g/mol. The molecule has 0 aliphatic heterocycles. The highest BCUT2D eigenvalue weighted by atomic mass is 19.1. The second-order valence-electron chi connectivity index (χ2n) is 5.61. The predicted molar refractivity (Wildman–Crippen MR) is 81.7 cm³/mol. The molecular formula is C18H19FN2. The van der Waals surface area contributed by atoms with Crippen molar-refractivity contribution in [2.45, 2.75) is 32.2 Å². The molecule has 1 aliphatic carbocycles. The van der Waals surface area contributed by atoms with Crippen molar-refractivity contribution >= 4 is 0 Å². The lowest BCUT2D eigenvalue weighted by atomic mass is 10.0. The maximum Gasteiger partial charge on any atom is 0.109 e. The van der Waals surface area contributed by atoms with Crippen molar-refractivity contribution in [3.05, 3.63) is 53.3 Å². The predicted octanol–water partition coefficient (Wildman–Crippen LogP) is 3.60. The highest BCUT2D eigenvalue weighted by molar-refractivity contribution is 5.42. The van der Waals surface area contributed by atoms with Crippen molar-refractivity contribution in [2.75, 3.05) is 6.67 Å². The molecular weight excluding hydrogens is 263 g/mol. The summed E-state index contributed by atoms with van der Waals surface area (Å²) in [7, 11) is 0. The summed E-state index contributed by atoms with van der Waals surface area (Å²) < 4.78 is 13.8. The molecule has 1 aromatic heterocycles. The minimum Gasteiger partial charge on any atom is -0.269 e. The highest BCUT2D eigenvalue weighted by Crippen LogP contribution is 2.33. The highest BCUT2D eigenvalue weighted by Gasteiger charge is 2.20. The quantitative estimate of drug-likeness (QED) is 0.766. The third-order valence-corrected chi connectivity index (χ3v) is 3.76. The van der Waals surface area contributed by atoms with Crippen LogP contribution in [-0.4, -0.2) is 16.5 Å². The lowest BCUT2D eigenvalue weighted by Crippen LogP contribution is -1.98. The molecule has 0 atom stereocenters. The first-order chi connectivity index (χ1) is 10.3. The van der Waals surface area contributed by atoms with Crippen LogP contribution in [0.2, 0.25) is 0 Å². The Morgan fingerprint density at radius 1 is 1.24 bits per heavy atom. The molecule has 0 radical (unpaired) electrons. The first-order valence-electron chi connectivity index (χ1n) is 7.53. The molecule has 0 spiro atoms. The van der Waals surface area contributed by atoms with Crippen molar-refractivity contribution in [1.29, 1.82) is 0 Å².